The molecule has 0 aliphatic carbocycles. The van der Waals surface area contributed by atoms with E-state index in [2.05, 4.69) is 30.5 Å². The summed E-state index contributed by atoms with van der Waals surface area (Å²) in [5, 5.41) is 11.0. The maximum atomic E-state index is 12.5. The van der Waals surface area contributed by atoms with Crippen molar-refractivity contribution in [2.45, 2.75) is 0 Å². The smallest absolute Gasteiger partial charge is 0.275 e. The van der Waals surface area contributed by atoms with Crippen LogP contribution in [-0.2, 0) is 0 Å². The summed E-state index contributed by atoms with van der Waals surface area (Å²) in [6.45, 7) is 0. The maximum absolute atomic E-state index is 12.5. The zero-order chi connectivity index (χ0) is 21.0. The lowest BCUT2D eigenvalue weighted by atomic mass is 10.2. The minimum absolute atomic E-state index is 0.243. The second-order valence-electron chi connectivity index (χ2n) is 6.52. The van der Waals surface area contributed by atoms with Crippen LogP contribution in [0.25, 0.3) is 16.9 Å². The van der Waals surface area contributed by atoms with E-state index in [1.807, 2.05) is 24.3 Å². The van der Waals surface area contributed by atoms with Crippen LogP contribution in [0.4, 0.5) is 5.69 Å². The van der Waals surface area contributed by atoms with Crippen LogP contribution in [-0.4, -0.2) is 35.6 Å². The van der Waals surface area contributed by atoms with Crippen molar-refractivity contribution < 1.29 is 9.53 Å². The molecule has 0 atom stereocenters. The Balaban J connectivity index is 1.24. The number of imidazole rings is 1. The van der Waals surface area contributed by atoms with Gasteiger partial charge in [-0.05, 0) is 42.5 Å². The monoisotopic (exact) mass is 409 g/mol. The van der Waals surface area contributed by atoms with Gasteiger partial charge in [0.25, 0.3) is 5.91 Å². The summed E-state index contributed by atoms with van der Waals surface area (Å²) in [4.78, 5) is 25.1. The molecule has 0 saturated heterocycles. The molecule has 0 radical (unpaired) electrons. The van der Waals surface area contributed by atoms with Crippen LogP contribution >= 0.6 is 0 Å². The molecule has 0 unspecified atom stereocenters. The number of hydrogen-bond acceptors (Lipinski definition) is 7. The lowest BCUT2D eigenvalue weighted by Gasteiger charge is -2.08. The number of nitrogens with one attached hydrogen (secondary N) is 1. The number of hydrogen-bond donors (Lipinski definition) is 1. The first-order valence-corrected chi connectivity index (χ1v) is 9.38. The highest BCUT2D eigenvalue weighted by Crippen LogP contribution is 2.22. The first-order chi connectivity index (χ1) is 15.2. The summed E-state index contributed by atoms with van der Waals surface area (Å²) in [5.41, 5.74) is 2.25. The highest BCUT2D eigenvalue weighted by Gasteiger charge is 2.10. The molecule has 2 aromatic carbocycles. The SMILES string of the molecule is O=C(Nc1ccc(Oc2ccc(-n3ccnc3)nn2)cc1)c1cnc2ccccc2n1. The molecule has 0 aliphatic heterocycles. The van der Waals surface area contributed by atoms with E-state index in [1.165, 1.54) is 6.20 Å². The Morgan fingerprint density at radius 2 is 1.77 bits per heavy atom. The van der Waals surface area contributed by atoms with Gasteiger partial charge in [-0.1, -0.05) is 12.1 Å². The predicted molar refractivity (Wildman–Crippen MR) is 113 cm³/mol. The number of carbonyl (C=O) groups is 1. The standard InChI is InChI=1S/C22H15N7O2/c30-22(19-13-24-17-3-1-2-4-18(17)26-19)25-15-5-7-16(8-6-15)31-21-10-9-20(27-28-21)29-12-11-23-14-29/h1-14H,(H,25,30). The number of anilines is 1. The first kappa shape index (κ1) is 18.4. The second kappa shape index (κ2) is 7.99. The van der Waals surface area contributed by atoms with Gasteiger partial charge in [-0.25, -0.2) is 9.97 Å². The van der Waals surface area contributed by atoms with Gasteiger partial charge in [0.05, 0.1) is 17.2 Å². The number of fused-ring (bicyclic) bond motifs is 1. The number of amides is 1. The van der Waals surface area contributed by atoms with Crippen molar-refractivity contribution in [2.75, 3.05) is 5.32 Å². The molecular weight excluding hydrogens is 394 g/mol. The Kier molecular flexibility index (Phi) is 4.74. The molecular formula is C22H15N7O2. The van der Waals surface area contributed by atoms with Gasteiger partial charge < -0.3 is 10.1 Å². The van der Waals surface area contributed by atoms with E-state index in [1.54, 1.807) is 59.7 Å². The van der Waals surface area contributed by atoms with Gasteiger partial charge in [-0.2, -0.15) is 0 Å². The van der Waals surface area contributed by atoms with Gasteiger partial charge in [-0.15, -0.1) is 10.2 Å². The van der Waals surface area contributed by atoms with Crippen molar-refractivity contribution >= 4 is 22.6 Å². The molecule has 0 spiro atoms. The minimum Gasteiger partial charge on any atom is -0.438 e. The second-order valence-corrected chi connectivity index (χ2v) is 6.52. The third-order valence-electron chi connectivity index (χ3n) is 4.41. The molecule has 0 aliphatic rings. The third-order valence-corrected chi connectivity index (χ3v) is 4.41. The number of para-hydroxylation sites is 2. The molecule has 9 nitrogen and oxygen atoms in total. The van der Waals surface area contributed by atoms with Crippen LogP contribution in [0.1, 0.15) is 10.5 Å². The molecule has 1 N–H and O–H groups in total. The number of rotatable bonds is 5. The number of aromatic nitrogens is 6. The van der Waals surface area contributed by atoms with Gasteiger partial charge in [0.1, 0.15) is 17.8 Å². The zero-order valence-corrected chi connectivity index (χ0v) is 16.1. The molecule has 0 saturated carbocycles. The van der Waals surface area contributed by atoms with E-state index in [4.69, 9.17) is 4.74 Å². The summed E-state index contributed by atoms with van der Waals surface area (Å²) >= 11 is 0. The molecule has 0 bridgehead atoms. The fourth-order valence-corrected chi connectivity index (χ4v) is 2.89. The maximum Gasteiger partial charge on any atom is 0.275 e. The van der Waals surface area contributed by atoms with Gasteiger partial charge in [-0.3, -0.25) is 14.3 Å². The van der Waals surface area contributed by atoms with Crippen LogP contribution < -0.4 is 10.1 Å². The molecule has 150 valence electrons. The molecule has 0 fully saturated rings. The highest BCUT2D eigenvalue weighted by molar-refractivity contribution is 6.03. The Labute approximate surface area is 176 Å². The van der Waals surface area contributed by atoms with Gasteiger partial charge in [0, 0.05) is 24.1 Å². The average molecular weight is 409 g/mol. The summed E-state index contributed by atoms with van der Waals surface area (Å²) in [6.07, 6.45) is 6.54. The van der Waals surface area contributed by atoms with Gasteiger partial charge in [0.2, 0.25) is 5.88 Å². The summed E-state index contributed by atoms with van der Waals surface area (Å²) in [5.74, 6) is 1.22. The van der Waals surface area contributed by atoms with Crippen molar-refractivity contribution in [3.8, 4) is 17.4 Å². The van der Waals surface area contributed by atoms with Crippen LogP contribution in [0.15, 0.2) is 85.6 Å². The average Bonchev–Trinajstić information content (AvgIpc) is 3.35. The van der Waals surface area contributed by atoms with Crippen molar-refractivity contribution in [3.05, 3.63) is 91.3 Å². The third kappa shape index (κ3) is 4.06. The van der Waals surface area contributed by atoms with Crippen molar-refractivity contribution in [1.29, 1.82) is 0 Å². The number of nitrogens with zero attached hydrogens (tertiary/aromatic N) is 6. The summed E-state index contributed by atoms with van der Waals surface area (Å²) in [6, 6.07) is 17.8. The molecule has 3 aromatic heterocycles. The fourth-order valence-electron chi connectivity index (χ4n) is 2.89. The van der Waals surface area contributed by atoms with E-state index < -0.39 is 0 Å². The van der Waals surface area contributed by atoms with E-state index in [-0.39, 0.29) is 11.6 Å². The highest BCUT2D eigenvalue weighted by atomic mass is 16.5. The number of ether oxygens (including phenoxy) is 1. The van der Waals surface area contributed by atoms with Crippen LogP contribution in [0, 0.1) is 0 Å². The lowest BCUT2D eigenvalue weighted by Crippen LogP contribution is -2.14. The van der Waals surface area contributed by atoms with Crippen molar-refractivity contribution in [3.63, 3.8) is 0 Å². The molecule has 5 rings (SSSR count). The van der Waals surface area contributed by atoms with Crippen molar-refractivity contribution in [2.24, 2.45) is 0 Å². The molecule has 5 aromatic rings. The Bertz CT molecular complexity index is 1330. The minimum atomic E-state index is -0.340. The molecule has 3 heterocycles. The van der Waals surface area contributed by atoms with Crippen LogP contribution in [0.5, 0.6) is 11.6 Å². The van der Waals surface area contributed by atoms with Gasteiger partial charge in [0.15, 0.2) is 5.82 Å². The van der Waals surface area contributed by atoms with Crippen molar-refractivity contribution in [1.82, 2.24) is 29.7 Å². The summed E-state index contributed by atoms with van der Waals surface area (Å²) in [7, 11) is 0. The predicted octanol–water partition coefficient (Wildman–Crippen LogP) is 3.65. The Morgan fingerprint density at radius 1 is 0.935 bits per heavy atom. The topological polar surface area (TPSA) is 108 Å². The number of carbonyl (C=O) groups excluding carboxylic acids is 1. The normalized spacial score (nSPS) is 10.7. The fraction of sp³-hybridized carbons (Fsp3) is 0. The molecule has 9 heteroatoms. The first-order valence-electron chi connectivity index (χ1n) is 9.38. The van der Waals surface area contributed by atoms with E-state index in [0.29, 0.717) is 28.7 Å². The molecule has 1 amide bonds. The molecule has 31 heavy (non-hydrogen) atoms. The Morgan fingerprint density at radius 3 is 2.52 bits per heavy atom. The number of benzene rings is 2. The zero-order valence-electron chi connectivity index (χ0n) is 16.1. The lowest BCUT2D eigenvalue weighted by molar-refractivity contribution is 0.102. The van der Waals surface area contributed by atoms with E-state index >= 15 is 0 Å². The quantitative estimate of drug-likeness (QED) is 0.472. The Hall–Kier alpha value is -4.66. The van der Waals surface area contributed by atoms with E-state index in [0.717, 1.165) is 5.52 Å². The summed E-state index contributed by atoms with van der Waals surface area (Å²) < 4.78 is 7.45. The van der Waals surface area contributed by atoms with Crippen LogP contribution in [0.2, 0.25) is 0 Å². The van der Waals surface area contributed by atoms with Gasteiger partial charge >= 0.3 is 0 Å². The largest absolute Gasteiger partial charge is 0.438 e. The van der Waals surface area contributed by atoms with Crippen LogP contribution in [0.3, 0.4) is 0 Å². The van der Waals surface area contributed by atoms with E-state index in [9.17, 15) is 4.79 Å².